The molecule has 0 saturated heterocycles. The largest absolute Gasteiger partial charge is 0.353 e. The Kier molecular flexibility index (Phi) is 6.60. The number of hydrogen-bond donors (Lipinski definition) is 3. The highest BCUT2D eigenvalue weighted by Crippen LogP contribution is 1.98. The number of benzene rings is 1. The van der Waals surface area contributed by atoms with E-state index in [1.165, 1.54) is 0 Å². The third kappa shape index (κ3) is 6.57. The van der Waals surface area contributed by atoms with Crippen LogP contribution in [0.15, 0.2) is 30.3 Å². The fourth-order valence-corrected chi connectivity index (χ4v) is 1.45. The van der Waals surface area contributed by atoms with Gasteiger partial charge in [0.05, 0.1) is 13.0 Å². The van der Waals surface area contributed by atoms with Crippen molar-refractivity contribution in [3.8, 4) is 0 Å². The van der Waals surface area contributed by atoms with Crippen molar-refractivity contribution in [3.05, 3.63) is 35.9 Å². The number of amides is 2. The Morgan fingerprint density at radius 2 is 1.79 bits per heavy atom. The summed E-state index contributed by atoms with van der Waals surface area (Å²) in [5, 5.41) is 8.35. The summed E-state index contributed by atoms with van der Waals surface area (Å²) in [6, 6.07) is 9.65. The Morgan fingerprint density at radius 3 is 2.42 bits per heavy atom. The second-order valence-electron chi connectivity index (χ2n) is 4.43. The Morgan fingerprint density at radius 1 is 1.11 bits per heavy atom. The van der Waals surface area contributed by atoms with E-state index < -0.39 is 0 Å². The first kappa shape index (κ1) is 15.2. The predicted molar refractivity (Wildman–Crippen MR) is 74.7 cm³/mol. The molecule has 1 rings (SSSR count). The van der Waals surface area contributed by atoms with Crippen LogP contribution in [0.1, 0.15) is 12.5 Å². The van der Waals surface area contributed by atoms with E-state index in [0.29, 0.717) is 13.0 Å². The molecule has 5 heteroatoms. The molecule has 1 aromatic rings. The van der Waals surface area contributed by atoms with Crippen molar-refractivity contribution in [2.24, 2.45) is 0 Å². The first-order valence-corrected chi connectivity index (χ1v) is 6.36. The molecular formula is C14H21N3O2. The van der Waals surface area contributed by atoms with Gasteiger partial charge in [-0.15, -0.1) is 0 Å². The molecule has 0 saturated carbocycles. The fourth-order valence-electron chi connectivity index (χ4n) is 1.45. The molecule has 0 aliphatic heterocycles. The Balaban J connectivity index is 2.21. The average molecular weight is 263 g/mol. The molecule has 0 heterocycles. The summed E-state index contributed by atoms with van der Waals surface area (Å²) in [4.78, 5) is 23.1. The number of carbonyl (C=O) groups excluding carboxylic acids is 2. The monoisotopic (exact) mass is 263 g/mol. The lowest BCUT2D eigenvalue weighted by atomic mass is 10.1. The molecule has 2 amide bonds. The van der Waals surface area contributed by atoms with Gasteiger partial charge in [-0.25, -0.2) is 0 Å². The number of likely N-dealkylation sites (N-methyl/N-ethyl adjacent to an activating group) is 1. The minimum atomic E-state index is -0.177. The number of carbonyl (C=O) groups is 2. The van der Waals surface area contributed by atoms with Crippen molar-refractivity contribution in [2.45, 2.75) is 19.4 Å². The highest BCUT2D eigenvalue weighted by molar-refractivity contribution is 5.85. The maximum atomic E-state index is 11.6. The van der Waals surface area contributed by atoms with Gasteiger partial charge in [0.2, 0.25) is 11.8 Å². The minimum absolute atomic E-state index is 0.0160. The molecule has 1 atom stereocenters. The van der Waals surface area contributed by atoms with Crippen molar-refractivity contribution < 1.29 is 9.59 Å². The molecule has 0 aliphatic carbocycles. The first-order valence-electron chi connectivity index (χ1n) is 6.36. The van der Waals surface area contributed by atoms with E-state index in [2.05, 4.69) is 16.0 Å². The van der Waals surface area contributed by atoms with E-state index in [9.17, 15) is 9.59 Å². The summed E-state index contributed by atoms with van der Waals surface area (Å²) in [6.45, 7) is 2.53. The lowest BCUT2D eigenvalue weighted by Crippen LogP contribution is -2.42. The van der Waals surface area contributed by atoms with Crippen LogP contribution in [0.5, 0.6) is 0 Å². The topological polar surface area (TPSA) is 70.2 Å². The SMILES string of the molecule is CNC(C)CNC(=O)CNC(=O)Cc1ccccc1. The summed E-state index contributed by atoms with van der Waals surface area (Å²) < 4.78 is 0. The lowest BCUT2D eigenvalue weighted by molar-refractivity contribution is -0.125. The summed E-state index contributed by atoms with van der Waals surface area (Å²) >= 11 is 0. The van der Waals surface area contributed by atoms with Gasteiger partial charge in [0.25, 0.3) is 0 Å². The van der Waals surface area contributed by atoms with Crippen molar-refractivity contribution in [1.29, 1.82) is 0 Å². The van der Waals surface area contributed by atoms with Gasteiger partial charge in [-0.3, -0.25) is 9.59 Å². The van der Waals surface area contributed by atoms with E-state index in [1.807, 2.05) is 44.3 Å². The number of rotatable bonds is 7. The van der Waals surface area contributed by atoms with Gasteiger partial charge in [0.1, 0.15) is 0 Å². The molecule has 1 aromatic carbocycles. The van der Waals surface area contributed by atoms with Crippen molar-refractivity contribution >= 4 is 11.8 Å². The number of nitrogens with one attached hydrogen (secondary N) is 3. The van der Waals surface area contributed by atoms with E-state index in [-0.39, 0.29) is 24.4 Å². The predicted octanol–water partition coefficient (Wildman–Crippen LogP) is 0.0694. The van der Waals surface area contributed by atoms with Crippen LogP contribution in [0.2, 0.25) is 0 Å². The van der Waals surface area contributed by atoms with Crippen LogP contribution in [-0.2, 0) is 16.0 Å². The van der Waals surface area contributed by atoms with Crippen LogP contribution in [-0.4, -0.2) is 38.0 Å². The van der Waals surface area contributed by atoms with Crippen LogP contribution < -0.4 is 16.0 Å². The molecule has 0 bridgehead atoms. The van der Waals surface area contributed by atoms with Crippen molar-refractivity contribution in [2.75, 3.05) is 20.1 Å². The van der Waals surface area contributed by atoms with Crippen molar-refractivity contribution in [3.63, 3.8) is 0 Å². The minimum Gasteiger partial charge on any atom is -0.353 e. The highest BCUT2D eigenvalue weighted by atomic mass is 16.2. The second-order valence-corrected chi connectivity index (χ2v) is 4.43. The van der Waals surface area contributed by atoms with E-state index >= 15 is 0 Å². The third-order valence-electron chi connectivity index (χ3n) is 2.75. The van der Waals surface area contributed by atoms with Gasteiger partial charge in [-0.1, -0.05) is 30.3 Å². The molecular weight excluding hydrogens is 242 g/mol. The summed E-state index contributed by atoms with van der Waals surface area (Å²) in [5.41, 5.74) is 0.934. The molecule has 104 valence electrons. The Labute approximate surface area is 113 Å². The maximum Gasteiger partial charge on any atom is 0.239 e. The van der Waals surface area contributed by atoms with Crippen LogP contribution in [0, 0.1) is 0 Å². The molecule has 0 radical (unpaired) electrons. The zero-order chi connectivity index (χ0) is 14.1. The highest BCUT2D eigenvalue weighted by Gasteiger charge is 2.07. The Hall–Kier alpha value is -1.88. The molecule has 0 aliphatic rings. The maximum absolute atomic E-state index is 11.6. The molecule has 0 spiro atoms. The van der Waals surface area contributed by atoms with Gasteiger partial charge in [0, 0.05) is 12.6 Å². The van der Waals surface area contributed by atoms with Gasteiger partial charge < -0.3 is 16.0 Å². The quantitative estimate of drug-likeness (QED) is 0.652. The van der Waals surface area contributed by atoms with Gasteiger partial charge in [-0.05, 0) is 19.5 Å². The van der Waals surface area contributed by atoms with Crippen LogP contribution in [0.4, 0.5) is 0 Å². The van der Waals surface area contributed by atoms with Crippen LogP contribution >= 0.6 is 0 Å². The Bertz CT molecular complexity index is 406. The molecule has 1 unspecified atom stereocenters. The standard InChI is InChI=1S/C14H21N3O2/c1-11(15-2)9-16-14(19)10-17-13(18)8-12-6-4-3-5-7-12/h3-7,11,15H,8-10H2,1-2H3,(H,16,19)(H,17,18). The van der Waals surface area contributed by atoms with Crippen LogP contribution in [0.3, 0.4) is 0 Å². The average Bonchev–Trinajstić information content (AvgIpc) is 2.43. The lowest BCUT2D eigenvalue weighted by Gasteiger charge is -2.11. The van der Waals surface area contributed by atoms with E-state index in [1.54, 1.807) is 0 Å². The van der Waals surface area contributed by atoms with Crippen molar-refractivity contribution in [1.82, 2.24) is 16.0 Å². The molecule has 5 nitrogen and oxygen atoms in total. The molecule has 0 aromatic heterocycles. The zero-order valence-corrected chi connectivity index (χ0v) is 11.4. The second kappa shape index (κ2) is 8.26. The summed E-state index contributed by atoms with van der Waals surface area (Å²) in [7, 11) is 1.83. The van der Waals surface area contributed by atoms with E-state index in [0.717, 1.165) is 5.56 Å². The molecule has 19 heavy (non-hydrogen) atoms. The first-order chi connectivity index (χ1) is 9.11. The van der Waals surface area contributed by atoms with Gasteiger partial charge in [0.15, 0.2) is 0 Å². The normalized spacial score (nSPS) is 11.7. The number of hydrogen-bond acceptors (Lipinski definition) is 3. The molecule has 3 N–H and O–H groups in total. The van der Waals surface area contributed by atoms with Gasteiger partial charge in [-0.2, -0.15) is 0 Å². The smallest absolute Gasteiger partial charge is 0.239 e. The van der Waals surface area contributed by atoms with Crippen LogP contribution in [0.25, 0.3) is 0 Å². The van der Waals surface area contributed by atoms with Gasteiger partial charge >= 0.3 is 0 Å². The van der Waals surface area contributed by atoms with E-state index in [4.69, 9.17) is 0 Å². The third-order valence-corrected chi connectivity index (χ3v) is 2.75. The fraction of sp³-hybridized carbons (Fsp3) is 0.429. The summed E-state index contributed by atoms with van der Waals surface area (Å²) in [6.07, 6.45) is 0.293. The zero-order valence-electron chi connectivity index (χ0n) is 11.4. The summed E-state index contributed by atoms with van der Waals surface area (Å²) in [5.74, 6) is -0.327. The molecule has 0 fully saturated rings.